The van der Waals surface area contributed by atoms with Crippen LogP contribution in [0.15, 0.2) is 52.4 Å². The predicted octanol–water partition coefficient (Wildman–Crippen LogP) is 3.96. The fourth-order valence-corrected chi connectivity index (χ4v) is 4.11. The standard InChI is InChI=1S/C24H29N3O5S/c1-4-31-17-11-12-21(32-5-2)20(15-17)25-22(28)16-33-24-26-19-10-7-6-9-18(19)23(29)27(24)13-8-14-30-3/h6-7,9-12,15H,4-5,8,13-14,16H2,1-3H3,(H,25,28). The first-order valence-electron chi connectivity index (χ1n) is 10.9. The van der Waals surface area contributed by atoms with E-state index in [1.165, 1.54) is 11.8 Å². The Morgan fingerprint density at radius 3 is 2.67 bits per heavy atom. The molecule has 8 nitrogen and oxygen atoms in total. The largest absolute Gasteiger partial charge is 0.494 e. The molecule has 3 aromatic rings. The van der Waals surface area contributed by atoms with Crippen molar-refractivity contribution >= 4 is 34.3 Å². The van der Waals surface area contributed by atoms with Gasteiger partial charge in [-0.25, -0.2) is 4.98 Å². The molecule has 0 aliphatic rings. The lowest BCUT2D eigenvalue weighted by Crippen LogP contribution is -2.25. The molecule has 33 heavy (non-hydrogen) atoms. The van der Waals surface area contributed by atoms with Gasteiger partial charge in [0.05, 0.1) is 35.6 Å². The number of nitrogens with one attached hydrogen (secondary N) is 1. The number of carbonyl (C=O) groups excluding carboxylic acids is 1. The van der Waals surface area contributed by atoms with Gasteiger partial charge in [-0.1, -0.05) is 23.9 Å². The SMILES string of the molecule is CCOc1ccc(OCC)c(NC(=O)CSc2nc3ccccc3c(=O)n2CCCOC)c1. The molecular weight excluding hydrogens is 442 g/mol. The fraction of sp³-hybridized carbons (Fsp3) is 0.375. The number of hydrogen-bond donors (Lipinski definition) is 1. The van der Waals surface area contributed by atoms with Crippen LogP contribution in [0.2, 0.25) is 0 Å². The van der Waals surface area contributed by atoms with Gasteiger partial charge in [0.2, 0.25) is 5.91 Å². The summed E-state index contributed by atoms with van der Waals surface area (Å²) in [5.74, 6) is 1.06. The number of carbonyl (C=O) groups is 1. The molecule has 176 valence electrons. The summed E-state index contributed by atoms with van der Waals surface area (Å²) in [5.41, 5.74) is 1.02. The lowest BCUT2D eigenvalue weighted by molar-refractivity contribution is -0.113. The van der Waals surface area contributed by atoms with E-state index in [0.29, 0.717) is 66.0 Å². The van der Waals surface area contributed by atoms with E-state index in [-0.39, 0.29) is 17.2 Å². The first kappa shape index (κ1) is 24.6. The fourth-order valence-electron chi connectivity index (χ4n) is 3.28. The molecule has 9 heteroatoms. The van der Waals surface area contributed by atoms with Crippen LogP contribution in [0.4, 0.5) is 5.69 Å². The monoisotopic (exact) mass is 471 g/mol. The van der Waals surface area contributed by atoms with E-state index < -0.39 is 0 Å². The van der Waals surface area contributed by atoms with Crippen LogP contribution < -0.4 is 20.3 Å². The van der Waals surface area contributed by atoms with Crippen LogP contribution in [-0.4, -0.2) is 48.1 Å². The Kier molecular flexibility index (Phi) is 9.14. The normalized spacial score (nSPS) is 10.9. The molecule has 1 amide bonds. The third kappa shape index (κ3) is 6.49. The number of para-hydroxylation sites is 1. The summed E-state index contributed by atoms with van der Waals surface area (Å²) in [6.45, 7) is 5.76. The molecule has 0 atom stereocenters. The van der Waals surface area contributed by atoms with Crippen molar-refractivity contribution in [1.29, 1.82) is 0 Å². The van der Waals surface area contributed by atoms with Crippen molar-refractivity contribution in [2.45, 2.75) is 32.0 Å². The maximum Gasteiger partial charge on any atom is 0.262 e. The van der Waals surface area contributed by atoms with Gasteiger partial charge in [0.15, 0.2) is 5.16 Å². The molecule has 3 rings (SSSR count). The van der Waals surface area contributed by atoms with Gasteiger partial charge >= 0.3 is 0 Å². The van der Waals surface area contributed by atoms with Crippen LogP contribution in [0.25, 0.3) is 10.9 Å². The summed E-state index contributed by atoms with van der Waals surface area (Å²) in [4.78, 5) is 30.4. The lowest BCUT2D eigenvalue weighted by Gasteiger charge is -2.15. The smallest absolute Gasteiger partial charge is 0.262 e. The van der Waals surface area contributed by atoms with Crippen molar-refractivity contribution in [3.63, 3.8) is 0 Å². The zero-order chi connectivity index (χ0) is 23.6. The van der Waals surface area contributed by atoms with Crippen molar-refractivity contribution in [3.05, 3.63) is 52.8 Å². The van der Waals surface area contributed by atoms with Crippen LogP contribution in [0, 0.1) is 0 Å². The number of ether oxygens (including phenoxy) is 3. The molecule has 0 aliphatic heterocycles. The van der Waals surface area contributed by atoms with Crippen molar-refractivity contribution in [3.8, 4) is 11.5 Å². The Labute approximate surface area is 197 Å². The third-order valence-corrected chi connectivity index (χ3v) is 5.70. The number of rotatable bonds is 12. The molecule has 0 saturated heterocycles. The Balaban J connectivity index is 1.79. The highest BCUT2D eigenvalue weighted by atomic mass is 32.2. The first-order chi connectivity index (χ1) is 16.1. The van der Waals surface area contributed by atoms with Crippen LogP contribution in [0.1, 0.15) is 20.3 Å². The van der Waals surface area contributed by atoms with E-state index >= 15 is 0 Å². The highest BCUT2D eigenvalue weighted by Crippen LogP contribution is 2.30. The summed E-state index contributed by atoms with van der Waals surface area (Å²) in [5, 5.41) is 3.94. The van der Waals surface area contributed by atoms with Crippen molar-refractivity contribution in [2.24, 2.45) is 0 Å². The molecule has 1 aromatic heterocycles. The van der Waals surface area contributed by atoms with Crippen molar-refractivity contribution in [1.82, 2.24) is 9.55 Å². The van der Waals surface area contributed by atoms with Gasteiger partial charge in [-0.15, -0.1) is 0 Å². The Morgan fingerprint density at radius 1 is 1.12 bits per heavy atom. The quantitative estimate of drug-likeness (QED) is 0.243. The van der Waals surface area contributed by atoms with Crippen molar-refractivity contribution < 1.29 is 19.0 Å². The number of amides is 1. The average Bonchev–Trinajstić information content (AvgIpc) is 2.81. The van der Waals surface area contributed by atoms with E-state index in [1.54, 1.807) is 42.0 Å². The predicted molar refractivity (Wildman–Crippen MR) is 131 cm³/mol. The van der Waals surface area contributed by atoms with Gasteiger partial charge in [-0.2, -0.15) is 0 Å². The van der Waals surface area contributed by atoms with Crippen LogP contribution in [0.5, 0.6) is 11.5 Å². The molecule has 0 fully saturated rings. The highest BCUT2D eigenvalue weighted by Gasteiger charge is 2.15. The minimum atomic E-state index is -0.236. The maximum absolute atomic E-state index is 13.0. The number of hydrogen-bond acceptors (Lipinski definition) is 7. The van der Waals surface area contributed by atoms with E-state index in [0.717, 1.165) is 0 Å². The molecule has 2 aromatic carbocycles. The lowest BCUT2D eigenvalue weighted by atomic mass is 10.2. The van der Waals surface area contributed by atoms with Crippen LogP contribution in [-0.2, 0) is 16.1 Å². The molecule has 0 aliphatic carbocycles. The van der Waals surface area contributed by atoms with Gasteiger partial charge in [0, 0.05) is 26.3 Å². The van der Waals surface area contributed by atoms with Crippen LogP contribution >= 0.6 is 11.8 Å². The van der Waals surface area contributed by atoms with Gasteiger partial charge in [-0.05, 0) is 44.5 Å². The minimum absolute atomic E-state index is 0.0828. The summed E-state index contributed by atoms with van der Waals surface area (Å²) in [6, 6.07) is 12.5. The molecule has 0 spiro atoms. The Bertz CT molecular complexity index is 1150. The molecule has 1 N–H and O–H groups in total. The molecular formula is C24H29N3O5S. The number of benzene rings is 2. The zero-order valence-electron chi connectivity index (χ0n) is 19.1. The summed E-state index contributed by atoms with van der Waals surface area (Å²) >= 11 is 1.22. The first-order valence-corrected chi connectivity index (χ1v) is 11.9. The average molecular weight is 472 g/mol. The number of aromatic nitrogens is 2. The molecule has 0 radical (unpaired) electrons. The number of thioether (sulfide) groups is 1. The maximum atomic E-state index is 13.0. The number of anilines is 1. The van der Waals surface area contributed by atoms with E-state index in [4.69, 9.17) is 14.2 Å². The second kappa shape index (κ2) is 12.3. The summed E-state index contributed by atoms with van der Waals surface area (Å²) in [6.07, 6.45) is 0.665. The number of fused-ring (bicyclic) bond motifs is 1. The Morgan fingerprint density at radius 2 is 1.91 bits per heavy atom. The van der Waals surface area contributed by atoms with Crippen LogP contribution in [0.3, 0.4) is 0 Å². The number of methoxy groups -OCH3 is 1. The summed E-state index contributed by atoms with van der Waals surface area (Å²) in [7, 11) is 1.62. The zero-order valence-corrected chi connectivity index (χ0v) is 19.9. The topological polar surface area (TPSA) is 91.7 Å². The summed E-state index contributed by atoms with van der Waals surface area (Å²) < 4.78 is 17.9. The van der Waals surface area contributed by atoms with Gasteiger partial charge in [-0.3, -0.25) is 14.2 Å². The minimum Gasteiger partial charge on any atom is -0.494 e. The molecule has 0 unspecified atom stereocenters. The highest BCUT2D eigenvalue weighted by molar-refractivity contribution is 7.99. The molecule has 1 heterocycles. The van der Waals surface area contributed by atoms with E-state index in [1.807, 2.05) is 26.0 Å². The van der Waals surface area contributed by atoms with Gasteiger partial charge in [0.25, 0.3) is 5.56 Å². The second-order valence-electron chi connectivity index (χ2n) is 7.08. The number of nitrogens with zero attached hydrogens (tertiary/aromatic N) is 2. The van der Waals surface area contributed by atoms with Crippen molar-refractivity contribution in [2.75, 3.05) is 38.0 Å². The Hall–Kier alpha value is -3.04. The van der Waals surface area contributed by atoms with E-state index in [2.05, 4.69) is 10.3 Å². The van der Waals surface area contributed by atoms with Gasteiger partial charge in [0.1, 0.15) is 11.5 Å². The second-order valence-corrected chi connectivity index (χ2v) is 8.02. The van der Waals surface area contributed by atoms with E-state index in [9.17, 15) is 9.59 Å². The van der Waals surface area contributed by atoms with Gasteiger partial charge < -0.3 is 19.5 Å². The molecule has 0 saturated carbocycles. The molecule has 0 bridgehead atoms. The third-order valence-electron chi connectivity index (χ3n) is 4.73.